The largest absolute Gasteiger partial charge is 0.416 e. The van der Waals surface area contributed by atoms with Crippen LogP contribution in [0.25, 0.3) is 33.3 Å². The molecule has 1 heterocycles. The lowest BCUT2D eigenvalue weighted by Crippen LogP contribution is -2.10. The van der Waals surface area contributed by atoms with Gasteiger partial charge in [-0.3, -0.25) is 4.55 Å². The van der Waals surface area contributed by atoms with Crippen molar-refractivity contribution in [2.75, 3.05) is 0 Å². The maximum absolute atomic E-state index is 12.0. The van der Waals surface area contributed by atoms with Gasteiger partial charge >= 0.3 is 6.18 Å². The Morgan fingerprint density at radius 2 is 1.05 bits per heavy atom. The summed E-state index contributed by atoms with van der Waals surface area (Å²) in [6.07, 6.45) is -4.52. The summed E-state index contributed by atoms with van der Waals surface area (Å²) in [6, 6.07) is 29.2. The molecule has 0 aliphatic rings. The topological polar surface area (TPSA) is 70.2 Å². The monoisotopic (exact) mass is 607 g/mol. The van der Waals surface area contributed by atoms with E-state index in [1.54, 1.807) is 0 Å². The summed E-state index contributed by atoms with van der Waals surface area (Å²) in [4.78, 5) is 3.12. The lowest BCUT2D eigenvalue weighted by molar-refractivity contribution is -0.137. The van der Waals surface area contributed by atoms with E-state index in [4.69, 9.17) is 4.55 Å². The number of H-pyrrole nitrogens is 1. The van der Waals surface area contributed by atoms with E-state index in [0.29, 0.717) is 24.3 Å². The van der Waals surface area contributed by atoms with Gasteiger partial charge in [-0.2, -0.15) is 21.6 Å². The minimum atomic E-state index is -4.52. The van der Waals surface area contributed by atoms with Crippen molar-refractivity contribution in [2.45, 2.75) is 63.4 Å². The third-order valence-electron chi connectivity index (χ3n) is 7.26. The Bertz CT molecular complexity index is 1810. The minimum Gasteiger partial charge on any atom is -0.354 e. The van der Waals surface area contributed by atoms with Crippen molar-refractivity contribution < 1.29 is 26.1 Å². The van der Waals surface area contributed by atoms with E-state index in [2.05, 4.69) is 119 Å². The molecule has 0 aliphatic carbocycles. The van der Waals surface area contributed by atoms with Crippen LogP contribution in [0.15, 0.2) is 102 Å². The van der Waals surface area contributed by atoms with Gasteiger partial charge in [-0.15, -0.1) is 0 Å². The summed E-state index contributed by atoms with van der Waals surface area (Å²) in [5.41, 5.74) is 8.19. The van der Waals surface area contributed by atoms with Gasteiger partial charge in [0.15, 0.2) is 0 Å². The first-order valence-electron chi connectivity index (χ1n) is 13.8. The molecule has 0 bridgehead atoms. The highest BCUT2D eigenvalue weighted by molar-refractivity contribution is 7.85. The van der Waals surface area contributed by atoms with Gasteiger partial charge < -0.3 is 4.98 Å². The molecule has 2 N–H and O–H groups in total. The average molecular weight is 608 g/mol. The average Bonchev–Trinajstić information content (AvgIpc) is 3.31. The van der Waals surface area contributed by atoms with Crippen LogP contribution in [-0.2, 0) is 27.1 Å². The number of aromatic amines is 1. The third kappa shape index (κ3) is 7.56. The summed E-state index contributed by atoms with van der Waals surface area (Å²) >= 11 is 0. The quantitative estimate of drug-likeness (QED) is 0.201. The Morgan fingerprint density at radius 3 is 1.49 bits per heavy atom. The van der Waals surface area contributed by atoms with Gasteiger partial charge in [0.1, 0.15) is 0 Å². The predicted octanol–water partition coefficient (Wildman–Crippen LogP) is 10.0. The fourth-order valence-corrected chi connectivity index (χ4v) is 5.23. The van der Waals surface area contributed by atoms with Crippen LogP contribution in [-0.4, -0.2) is 18.0 Å². The van der Waals surface area contributed by atoms with Crippen molar-refractivity contribution in [3.8, 4) is 22.4 Å². The Morgan fingerprint density at radius 1 is 0.605 bits per heavy atom. The first-order chi connectivity index (χ1) is 19.9. The van der Waals surface area contributed by atoms with Crippen LogP contribution in [0.4, 0.5) is 13.2 Å². The Hall–Kier alpha value is -3.88. The van der Waals surface area contributed by atoms with Crippen LogP contribution in [0.3, 0.4) is 0 Å². The van der Waals surface area contributed by atoms with Crippen LogP contribution >= 0.6 is 0 Å². The number of para-hydroxylation sites is 1. The molecule has 5 aromatic rings. The van der Waals surface area contributed by atoms with Crippen molar-refractivity contribution in [3.05, 3.63) is 114 Å². The number of nitrogens with one attached hydrogen (secondary N) is 1. The molecular formula is C35H36F3NO3S. The van der Waals surface area contributed by atoms with Crippen LogP contribution in [0.2, 0.25) is 0 Å². The minimum absolute atomic E-state index is 0.157. The first-order valence-corrected chi connectivity index (χ1v) is 15.3. The second-order valence-corrected chi connectivity index (χ2v) is 14.0. The first kappa shape index (κ1) is 32.0. The fraction of sp³-hybridized carbons (Fsp3) is 0.257. The lowest BCUT2D eigenvalue weighted by atomic mass is 9.85. The molecule has 0 saturated carbocycles. The molecule has 226 valence electrons. The van der Waals surface area contributed by atoms with Crippen LogP contribution in [0, 0.1) is 0 Å². The number of halogens is 3. The SMILES string of the molecule is CC(C)(C)c1ccc(-c2[nH]c3ccccc3c2-c2ccc(C(C)(C)C)cc2)cc1.O=S(=O)(O)c1ccc(C(F)(F)F)cc1. The molecule has 0 unspecified atom stereocenters. The number of hydrogen-bond donors (Lipinski definition) is 2. The molecule has 0 spiro atoms. The molecule has 0 aliphatic heterocycles. The molecule has 5 rings (SSSR count). The normalized spacial score (nSPS) is 12.6. The van der Waals surface area contributed by atoms with Gasteiger partial charge in [0, 0.05) is 16.5 Å². The Balaban J connectivity index is 0.000000255. The zero-order valence-corrected chi connectivity index (χ0v) is 25.9. The summed E-state index contributed by atoms with van der Waals surface area (Å²) in [5, 5.41) is 1.27. The van der Waals surface area contributed by atoms with E-state index in [9.17, 15) is 21.6 Å². The molecule has 0 fully saturated rings. The molecule has 1 aromatic heterocycles. The van der Waals surface area contributed by atoms with E-state index in [1.165, 1.54) is 44.4 Å². The summed E-state index contributed by atoms with van der Waals surface area (Å²) < 4.78 is 65.4. The van der Waals surface area contributed by atoms with Crippen molar-refractivity contribution in [1.29, 1.82) is 0 Å². The Labute approximate surface area is 251 Å². The molecule has 0 amide bonds. The molecule has 4 aromatic carbocycles. The maximum Gasteiger partial charge on any atom is 0.416 e. The molecule has 43 heavy (non-hydrogen) atoms. The van der Waals surface area contributed by atoms with Crippen LogP contribution in [0.1, 0.15) is 58.2 Å². The third-order valence-corrected chi connectivity index (χ3v) is 8.13. The number of fused-ring (bicyclic) bond motifs is 1. The highest BCUT2D eigenvalue weighted by atomic mass is 32.2. The number of rotatable bonds is 3. The Kier molecular flexibility index (Phi) is 8.69. The standard InChI is InChI=1S/C28H31N.C7H5F3O3S/c1-27(2,3)21-15-11-19(12-16-21)25-23-9-7-8-10-24(23)29-26(25)20-13-17-22(18-14-20)28(4,5)6;8-7(9,10)5-1-3-6(4-2-5)14(11,12)13/h7-18,29H,1-6H3;1-4H,(H,11,12,13). The molecule has 8 heteroatoms. The van der Waals surface area contributed by atoms with Gasteiger partial charge in [-0.1, -0.05) is 108 Å². The summed E-state index contributed by atoms with van der Waals surface area (Å²) in [5.74, 6) is 0. The predicted molar refractivity (Wildman–Crippen MR) is 168 cm³/mol. The molecule has 0 saturated heterocycles. The van der Waals surface area contributed by atoms with Crippen molar-refractivity contribution in [3.63, 3.8) is 0 Å². The van der Waals surface area contributed by atoms with Gasteiger partial charge in [0.25, 0.3) is 10.1 Å². The van der Waals surface area contributed by atoms with E-state index in [-0.39, 0.29) is 10.8 Å². The second kappa shape index (κ2) is 11.7. The zero-order chi connectivity index (χ0) is 31.8. The second-order valence-electron chi connectivity index (χ2n) is 12.6. The van der Waals surface area contributed by atoms with Crippen molar-refractivity contribution >= 4 is 21.0 Å². The number of benzene rings is 4. The molecule has 4 nitrogen and oxygen atoms in total. The van der Waals surface area contributed by atoms with Crippen LogP contribution < -0.4 is 0 Å². The number of alkyl halides is 3. The highest BCUT2D eigenvalue weighted by Gasteiger charge is 2.30. The number of aromatic nitrogens is 1. The van der Waals surface area contributed by atoms with Gasteiger partial charge in [0.05, 0.1) is 16.2 Å². The molecule has 0 atom stereocenters. The van der Waals surface area contributed by atoms with Gasteiger partial charge in [-0.05, 0) is 63.4 Å². The van der Waals surface area contributed by atoms with Gasteiger partial charge in [0.2, 0.25) is 0 Å². The number of hydrogen-bond acceptors (Lipinski definition) is 2. The van der Waals surface area contributed by atoms with Crippen molar-refractivity contribution in [2.24, 2.45) is 0 Å². The fourth-order valence-electron chi connectivity index (χ4n) is 4.75. The molecular weight excluding hydrogens is 571 g/mol. The van der Waals surface area contributed by atoms with Crippen LogP contribution in [0.5, 0.6) is 0 Å². The maximum atomic E-state index is 12.0. The van der Waals surface area contributed by atoms with E-state index >= 15 is 0 Å². The highest BCUT2D eigenvalue weighted by Crippen LogP contribution is 2.39. The summed E-state index contributed by atoms with van der Waals surface area (Å²) in [7, 11) is -4.43. The molecule has 0 radical (unpaired) electrons. The van der Waals surface area contributed by atoms with E-state index in [0.717, 1.165) is 0 Å². The van der Waals surface area contributed by atoms with Gasteiger partial charge in [-0.25, -0.2) is 0 Å². The zero-order valence-electron chi connectivity index (χ0n) is 25.0. The van der Waals surface area contributed by atoms with Crippen molar-refractivity contribution in [1.82, 2.24) is 4.98 Å². The van der Waals surface area contributed by atoms with E-state index in [1.807, 2.05) is 0 Å². The van der Waals surface area contributed by atoms with E-state index < -0.39 is 26.8 Å². The smallest absolute Gasteiger partial charge is 0.354 e. The lowest BCUT2D eigenvalue weighted by Gasteiger charge is -2.20. The summed E-state index contributed by atoms with van der Waals surface area (Å²) in [6.45, 7) is 13.6.